The van der Waals surface area contributed by atoms with E-state index in [9.17, 15) is 0 Å². The molecule has 3 aliphatic rings. The van der Waals surface area contributed by atoms with Gasteiger partial charge in [0.25, 0.3) is 0 Å². The van der Waals surface area contributed by atoms with Crippen molar-refractivity contribution in [3.05, 3.63) is 136 Å². The maximum absolute atomic E-state index is 3.73. The molecule has 3 aliphatic carbocycles. The average Bonchev–Trinajstić information content (AvgIpc) is 3.29. The molecule has 4 aromatic carbocycles. The van der Waals surface area contributed by atoms with Crippen LogP contribution in [0, 0.1) is 5.92 Å². The molecule has 0 aliphatic heterocycles. The topological polar surface area (TPSA) is 3.24 Å². The Balaban J connectivity index is 1.39. The second kappa shape index (κ2) is 8.32. The van der Waals surface area contributed by atoms with Gasteiger partial charge >= 0.3 is 0 Å². The zero-order valence-corrected chi connectivity index (χ0v) is 24.0. The molecular formula is C36H32BrN. The molecule has 4 aromatic rings. The minimum absolute atomic E-state index is 0.0357. The summed E-state index contributed by atoms with van der Waals surface area (Å²) in [7, 11) is 0. The Morgan fingerprint density at radius 1 is 0.658 bits per heavy atom. The smallest absolute Gasteiger partial charge is 0.0465 e. The molecule has 0 saturated carbocycles. The Morgan fingerprint density at radius 3 is 2.11 bits per heavy atom. The monoisotopic (exact) mass is 557 g/mol. The summed E-state index contributed by atoms with van der Waals surface area (Å²) in [6, 6.07) is 33.8. The summed E-state index contributed by atoms with van der Waals surface area (Å²) in [5, 5.41) is 0. The maximum atomic E-state index is 3.73. The van der Waals surface area contributed by atoms with Gasteiger partial charge in [-0.25, -0.2) is 0 Å². The lowest BCUT2D eigenvalue weighted by Crippen LogP contribution is -2.25. The molecule has 7 rings (SSSR count). The lowest BCUT2D eigenvalue weighted by molar-refractivity contribution is 0.394. The van der Waals surface area contributed by atoms with Crippen LogP contribution in [0.3, 0.4) is 0 Å². The SMILES string of the molecule is CC1(C)c2ccccc2-c2ccc(N(c3ccccc3)c3ccc4c(c3)C(C)(C)C3C=C(Br)C=CC43)cc21. The van der Waals surface area contributed by atoms with E-state index in [1.807, 2.05) is 0 Å². The van der Waals surface area contributed by atoms with Crippen LogP contribution in [0.5, 0.6) is 0 Å². The summed E-state index contributed by atoms with van der Waals surface area (Å²) >= 11 is 3.73. The van der Waals surface area contributed by atoms with Crippen molar-refractivity contribution in [2.45, 2.75) is 44.4 Å². The number of benzene rings is 4. The van der Waals surface area contributed by atoms with E-state index in [1.165, 1.54) is 54.9 Å². The van der Waals surface area contributed by atoms with Gasteiger partial charge in [-0.15, -0.1) is 0 Å². The molecule has 2 atom stereocenters. The van der Waals surface area contributed by atoms with Crippen molar-refractivity contribution in [1.29, 1.82) is 0 Å². The van der Waals surface area contributed by atoms with Crippen molar-refractivity contribution in [2.24, 2.45) is 5.92 Å². The Morgan fingerprint density at radius 2 is 1.32 bits per heavy atom. The van der Waals surface area contributed by atoms with Crippen molar-refractivity contribution < 1.29 is 0 Å². The first-order chi connectivity index (χ1) is 18.3. The van der Waals surface area contributed by atoms with E-state index >= 15 is 0 Å². The number of anilines is 3. The van der Waals surface area contributed by atoms with Gasteiger partial charge in [0, 0.05) is 32.9 Å². The zero-order valence-electron chi connectivity index (χ0n) is 22.4. The van der Waals surface area contributed by atoms with Crippen LogP contribution in [0.1, 0.15) is 55.9 Å². The third kappa shape index (κ3) is 3.36. The van der Waals surface area contributed by atoms with Crippen LogP contribution in [-0.2, 0) is 10.8 Å². The third-order valence-electron chi connectivity index (χ3n) is 9.21. The average molecular weight is 559 g/mol. The summed E-state index contributed by atoms with van der Waals surface area (Å²) in [5.41, 5.74) is 12.0. The number of nitrogens with zero attached hydrogens (tertiary/aromatic N) is 1. The normalized spacial score (nSPS) is 21.2. The molecule has 0 heterocycles. The first-order valence-electron chi connectivity index (χ1n) is 13.6. The quantitative estimate of drug-likeness (QED) is 0.242. The fourth-order valence-electron chi connectivity index (χ4n) is 7.17. The molecule has 38 heavy (non-hydrogen) atoms. The van der Waals surface area contributed by atoms with E-state index < -0.39 is 0 Å². The Hall–Kier alpha value is -3.36. The van der Waals surface area contributed by atoms with Gasteiger partial charge in [0.05, 0.1) is 0 Å². The molecule has 0 radical (unpaired) electrons. The minimum atomic E-state index is -0.0357. The van der Waals surface area contributed by atoms with Crippen molar-refractivity contribution in [1.82, 2.24) is 0 Å². The highest BCUT2D eigenvalue weighted by Gasteiger charge is 2.45. The number of allylic oxidation sites excluding steroid dienone is 4. The number of rotatable bonds is 3. The van der Waals surface area contributed by atoms with Crippen molar-refractivity contribution in [3.8, 4) is 11.1 Å². The van der Waals surface area contributed by atoms with E-state index in [-0.39, 0.29) is 10.8 Å². The van der Waals surface area contributed by atoms with Crippen molar-refractivity contribution >= 4 is 33.0 Å². The lowest BCUT2D eigenvalue weighted by Gasteiger charge is -2.31. The maximum Gasteiger partial charge on any atom is 0.0465 e. The number of hydrogen-bond acceptors (Lipinski definition) is 1. The van der Waals surface area contributed by atoms with E-state index in [0.717, 1.165) is 0 Å². The molecule has 0 fully saturated rings. The minimum Gasteiger partial charge on any atom is -0.310 e. The van der Waals surface area contributed by atoms with Gasteiger partial charge in [0.2, 0.25) is 0 Å². The van der Waals surface area contributed by atoms with Gasteiger partial charge < -0.3 is 4.90 Å². The van der Waals surface area contributed by atoms with Gasteiger partial charge in [-0.2, -0.15) is 0 Å². The van der Waals surface area contributed by atoms with E-state index in [4.69, 9.17) is 0 Å². The lowest BCUT2D eigenvalue weighted by atomic mass is 9.74. The van der Waals surface area contributed by atoms with Crippen LogP contribution < -0.4 is 4.90 Å². The summed E-state index contributed by atoms with van der Waals surface area (Å²) in [5.74, 6) is 0.886. The van der Waals surface area contributed by atoms with Crippen LogP contribution in [0.4, 0.5) is 17.1 Å². The Labute approximate surface area is 234 Å². The van der Waals surface area contributed by atoms with Gasteiger partial charge in [-0.05, 0) is 81.1 Å². The van der Waals surface area contributed by atoms with Gasteiger partial charge in [0.1, 0.15) is 0 Å². The molecule has 0 aromatic heterocycles. The first kappa shape index (κ1) is 23.7. The van der Waals surface area contributed by atoms with Crippen LogP contribution >= 0.6 is 15.9 Å². The van der Waals surface area contributed by atoms with Crippen LogP contribution in [0.2, 0.25) is 0 Å². The zero-order chi connectivity index (χ0) is 26.2. The standard InChI is InChI=1S/C36H32BrN/c1-35(2)31-13-9-8-12-27(31)29-18-15-25(21-33(29)35)38(24-10-6-5-7-11-24)26-16-19-30-28-17-14-23(37)20-32(28)36(3,4)34(30)22-26/h5-22,28,32H,1-4H3. The second-order valence-corrected chi connectivity index (χ2v) is 12.9. The highest BCUT2D eigenvalue weighted by molar-refractivity contribution is 9.11. The molecule has 188 valence electrons. The second-order valence-electron chi connectivity index (χ2n) is 12.0. The molecule has 0 saturated heterocycles. The summed E-state index contributed by atoms with van der Waals surface area (Å²) < 4.78 is 1.19. The molecule has 2 unspecified atom stereocenters. The highest BCUT2D eigenvalue weighted by atomic mass is 79.9. The number of para-hydroxylation sites is 1. The number of fused-ring (bicyclic) bond motifs is 6. The fourth-order valence-corrected chi connectivity index (χ4v) is 7.61. The van der Waals surface area contributed by atoms with Crippen LogP contribution in [0.25, 0.3) is 11.1 Å². The third-order valence-corrected chi connectivity index (χ3v) is 9.74. The van der Waals surface area contributed by atoms with Crippen molar-refractivity contribution in [2.75, 3.05) is 4.90 Å². The Kier molecular flexibility index (Phi) is 5.20. The van der Waals surface area contributed by atoms with Crippen LogP contribution in [0.15, 0.2) is 114 Å². The van der Waals surface area contributed by atoms with E-state index in [0.29, 0.717) is 11.8 Å². The summed E-state index contributed by atoms with van der Waals surface area (Å²) in [6.45, 7) is 9.51. The molecule has 1 nitrogen and oxygen atoms in total. The molecule has 0 amide bonds. The fraction of sp³-hybridized carbons (Fsp3) is 0.222. The van der Waals surface area contributed by atoms with Gasteiger partial charge in [-0.1, -0.05) is 116 Å². The predicted molar refractivity (Wildman–Crippen MR) is 164 cm³/mol. The van der Waals surface area contributed by atoms with E-state index in [2.05, 4.69) is 158 Å². The Bertz CT molecular complexity index is 1640. The predicted octanol–water partition coefficient (Wildman–Crippen LogP) is 10.3. The van der Waals surface area contributed by atoms with Crippen molar-refractivity contribution in [3.63, 3.8) is 0 Å². The number of hydrogen-bond donors (Lipinski definition) is 0. The molecule has 2 heteroatoms. The molecule has 0 spiro atoms. The summed E-state index contributed by atoms with van der Waals surface area (Å²) in [6.07, 6.45) is 6.98. The van der Waals surface area contributed by atoms with Gasteiger partial charge in [0.15, 0.2) is 0 Å². The molecule has 0 bridgehead atoms. The summed E-state index contributed by atoms with van der Waals surface area (Å²) in [4.78, 5) is 2.43. The largest absolute Gasteiger partial charge is 0.310 e. The molecular weight excluding hydrogens is 526 g/mol. The first-order valence-corrected chi connectivity index (χ1v) is 14.4. The molecule has 0 N–H and O–H groups in total. The van der Waals surface area contributed by atoms with Gasteiger partial charge in [-0.3, -0.25) is 0 Å². The van der Waals surface area contributed by atoms with E-state index in [1.54, 1.807) is 0 Å². The number of halogens is 1. The van der Waals surface area contributed by atoms with Crippen LogP contribution in [-0.4, -0.2) is 0 Å². The highest BCUT2D eigenvalue weighted by Crippen LogP contribution is 2.55.